The lowest BCUT2D eigenvalue weighted by Gasteiger charge is -2.13. The maximum Gasteiger partial charge on any atom is 0.203 e. The highest BCUT2D eigenvalue weighted by Crippen LogP contribution is 2.40. The van der Waals surface area contributed by atoms with E-state index in [1.165, 1.54) is 0 Å². The first-order chi connectivity index (χ1) is 11.3. The summed E-state index contributed by atoms with van der Waals surface area (Å²) in [4.78, 5) is 5.58. The molecule has 0 N–H and O–H groups in total. The van der Waals surface area contributed by atoms with Gasteiger partial charge < -0.3 is 19.0 Å². The van der Waals surface area contributed by atoms with E-state index in [0.717, 1.165) is 16.8 Å². The Kier molecular flexibility index (Phi) is 4.37. The average molecular weight is 313 g/mol. The van der Waals surface area contributed by atoms with Gasteiger partial charge in [-0.15, -0.1) is 0 Å². The zero-order chi connectivity index (χ0) is 16.2. The number of ether oxygens (including phenoxy) is 3. The van der Waals surface area contributed by atoms with Gasteiger partial charge in [0.1, 0.15) is 0 Å². The standard InChI is InChI=1S/C18H19NO4/c1-20-16-9-13(10-17(21-2)18(16)22-3)14-11-15(23-19-14)12-7-5-4-6-8-12/h4-10,15H,11H2,1-3H3/t15-/m1/s1. The van der Waals surface area contributed by atoms with Crippen LogP contribution >= 0.6 is 0 Å². The fourth-order valence-electron chi connectivity index (χ4n) is 2.64. The Labute approximate surface area is 135 Å². The van der Waals surface area contributed by atoms with Crippen molar-refractivity contribution in [2.45, 2.75) is 12.5 Å². The number of rotatable bonds is 5. The number of hydrogen-bond donors (Lipinski definition) is 0. The van der Waals surface area contributed by atoms with Crippen LogP contribution in [0.5, 0.6) is 17.2 Å². The first kappa shape index (κ1) is 15.2. The highest BCUT2D eigenvalue weighted by molar-refractivity contribution is 6.02. The molecule has 0 saturated carbocycles. The van der Waals surface area contributed by atoms with Gasteiger partial charge in [0.25, 0.3) is 0 Å². The molecule has 0 aromatic heterocycles. The van der Waals surface area contributed by atoms with Gasteiger partial charge in [0.15, 0.2) is 17.6 Å². The molecule has 1 aliphatic heterocycles. The van der Waals surface area contributed by atoms with Gasteiger partial charge in [-0.1, -0.05) is 35.5 Å². The molecule has 0 amide bonds. The maximum absolute atomic E-state index is 5.58. The molecule has 1 atom stereocenters. The summed E-state index contributed by atoms with van der Waals surface area (Å²) in [7, 11) is 4.78. The van der Waals surface area contributed by atoms with E-state index in [0.29, 0.717) is 23.7 Å². The third kappa shape index (κ3) is 2.95. The lowest BCUT2D eigenvalue weighted by molar-refractivity contribution is 0.0857. The third-order valence-corrected chi connectivity index (χ3v) is 3.84. The van der Waals surface area contributed by atoms with Crippen molar-refractivity contribution in [1.29, 1.82) is 0 Å². The van der Waals surface area contributed by atoms with Gasteiger partial charge >= 0.3 is 0 Å². The second-order valence-corrected chi connectivity index (χ2v) is 5.16. The minimum atomic E-state index is -0.0645. The van der Waals surface area contributed by atoms with E-state index in [1.807, 2.05) is 42.5 Å². The summed E-state index contributed by atoms with van der Waals surface area (Å²) < 4.78 is 16.1. The van der Waals surface area contributed by atoms with E-state index in [9.17, 15) is 0 Å². The quantitative estimate of drug-likeness (QED) is 0.846. The fourth-order valence-corrected chi connectivity index (χ4v) is 2.64. The number of nitrogens with zero attached hydrogens (tertiary/aromatic N) is 1. The molecule has 0 bridgehead atoms. The van der Waals surface area contributed by atoms with Crippen LogP contribution < -0.4 is 14.2 Å². The van der Waals surface area contributed by atoms with Crippen LogP contribution in [0, 0.1) is 0 Å². The minimum absolute atomic E-state index is 0.0645. The molecule has 2 aromatic rings. The van der Waals surface area contributed by atoms with E-state index in [-0.39, 0.29) is 6.10 Å². The van der Waals surface area contributed by atoms with Crippen LogP contribution in [-0.4, -0.2) is 27.0 Å². The highest BCUT2D eigenvalue weighted by Gasteiger charge is 2.25. The van der Waals surface area contributed by atoms with Crippen LogP contribution in [0.1, 0.15) is 23.7 Å². The van der Waals surface area contributed by atoms with Crippen LogP contribution in [0.2, 0.25) is 0 Å². The Morgan fingerprint density at radius 3 is 2.17 bits per heavy atom. The van der Waals surface area contributed by atoms with Crippen LogP contribution in [0.25, 0.3) is 0 Å². The predicted octanol–water partition coefficient (Wildman–Crippen LogP) is 3.58. The third-order valence-electron chi connectivity index (χ3n) is 3.84. The van der Waals surface area contributed by atoms with Gasteiger partial charge in [-0.25, -0.2) is 0 Å². The van der Waals surface area contributed by atoms with Crippen molar-refractivity contribution in [2.75, 3.05) is 21.3 Å². The second kappa shape index (κ2) is 6.60. The summed E-state index contributed by atoms with van der Waals surface area (Å²) in [6.07, 6.45) is 0.633. The molecule has 0 aliphatic carbocycles. The van der Waals surface area contributed by atoms with Crippen LogP contribution in [-0.2, 0) is 4.84 Å². The molecule has 0 saturated heterocycles. The van der Waals surface area contributed by atoms with E-state index in [2.05, 4.69) is 5.16 Å². The summed E-state index contributed by atoms with van der Waals surface area (Å²) in [5.74, 6) is 1.78. The van der Waals surface area contributed by atoms with Crippen LogP contribution in [0.4, 0.5) is 0 Å². The predicted molar refractivity (Wildman–Crippen MR) is 87.5 cm³/mol. The molecule has 1 heterocycles. The van der Waals surface area contributed by atoms with Crippen molar-refractivity contribution in [3.8, 4) is 17.2 Å². The van der Waals surface area contributed by atoms with Crippen LogP contribution in [0.3, 0.4) is 0 Å². The van der Waals surface area contributed by atoms with Gasteiger partial charge in [-0.05, 0) is 17.7 Å². The normalized spacial score (nSPS) is 16.5. The smallest absolute Gasteiger partial charge is 0.203 e. The largest absolute Gasteiger partial charge is 0.493 e. The zero-order valence-corrected chi connectivity index (χ0v) is 13.4. The van der Waals surface area contributed by atoms with E-state index in [4.69, 9.17) is 19.0 Å². The highest BCUT2D eigenvalue weighted by atomic mass is 16.6. The van der Waals surface area contributed by atoms with Crippen molar-refractivity contribution in [1.82, 2.24) is 0 Å². The van der Waals surface area contributed by atoms with Gasteiger partial charge in [0.2, 0.25) is 5.75 Å². The van der Waals surface area contributed by atoms with Crippen molar-refractivity contribution in [2.24, 2.45) is 5.16 Å². The molecular weight excluding hydrogens is 294 g/mol. The summed E-state index contributed by atoms with van der Waals surface area (Å²) in [6, 6.07) is 13.8. The van der Waals surface area contributed by atoms with Crippen molar-refractivity contribution in [3.63, 3.8) is 0 Å². The minimum Gasteiger partial charge on any atom is -0.493 e. The molecule has 120 valence electrons. The molecule has 3 rings (SSSR count). The molecule has 0 spiro atoms. The summed E-state index contributed by atoms with van der Waals surface area (Å²) in [5, 5.41) is 4.23. The molecule has 23 heavy (non-hydrogen) atoms. The summed E-state index contributed by atoms with van der Waals surface area (Å²) >= 11 is 0. The Hall–Kier alpha value is -2.69. The van der Waals surface area contributed by atoms with Crippen molar-refractivity contribution >= 4 is 5.71 Å². The molecular formula is C18H19NO4. The van der Waals surface area contributed by atoms with E-state index >= 15 is 0 Å². The Morgan fingerprint density at radius 2 is 1.61 bits per heavy atom. The van der Waals surface area contributed by atoms with Gasteiger partial charge in [0, 0.05) is 12.0 Å². The molecule has 5 nitrogen and oxygen atoms in total. The summed E-state index contributed by atoms with van der Waals surface area (Å²) in [5.41, 5.74) is 2.87. The number of oxime groups is 1. The van der Waals surface area contributed by atoms with Gasteiger partial charge in [-0.2, -0.15) is 0 Å². The van der Waals surface area contributed by atoms with Crippen molar-refractivity contribution in [3.05, 3.63) is 53.6 Å². The molecule has 0 radical (unpaired) electrons. The second-order valence-electron chi connectivity index (χ2n) is 5.16. The molecule has 2 aromatic carbocycles. The van der Waals surface area contributed by atoms with Gasteiger partial charge in [-0.3, -0.25) is 0 Å². The fraction of sp³-hybridized carbons (Fsp3) is 0.278. The number of hydrogen-bond acceptors (Lipinski definition) is 5. The van der Waals surface area contributed by atoms with Crippen molar-refractivity contribution < 1.29 is 19.0 Å². The molecule has 0 unspecified atom stereocenters. The lowest BCUT2D eigenvalue weighted by Crippen LogP contribution is -2.03. The van der Waals surface area contributed by atoms with E-state index < -0.39 is 0 Å². The maximum atomic E-state index is 5.58. The monoisotopic (exact) mass is 313 g/mol. The number of benzene rings is 2. The first-order valence-electron chi connectivity index (χ1n) is 7.34. The summed E-state index contributed by atoms with van der Waals surface area (Å²) in [6.45, 7) is 0. The zero-order valence-electron chi connectivity index (χ0n) is 13.4. The molecule has 5 heteroatoms. The Balaban J connectivity index is 1.88. The molecule has 1 aliphatic rings. The Bertz CT molecular complexity index is 687. The van der Waals surface area contributed by atoms with E-state index in [1.54, 1.807) is 21.3 Å². The molecule has 0 fully saturated rings. The van der Waals surface area contributed by atoms with Gasteiger partial charge in [0.05, 0.1) is 27.0 Å². The Morgan fingerprint density at radius 1 is 0.957 bits per heavy atom. The lowest BCUT2D eigenvalue weighted by atomic mass is 10.00. The first-order valence-corrected chi connectivity index (χ1v) is 7.34. The van der Waals surface area contributed by atoms with Crippen LogP contribution in [0.15, 0.2) is 47.6 Å². The SMILES string of the molecule is COc1cc(C2=NO[C@@H](c3ccccc3)C2)cc(OC)c1OC. The topological polar surface area (TPSA) is 49.3 Å². The average Bonchev–Trinajstić information content (AvgIpc) is 3.11. The number of methoxy groups -OCH3 is 3.